The van der Waals surface area contributed by atoms with Gasteiger partial charge in [0.2, 0.25) is 5.91 Å². The smallest absolute Gasteiger partial charge is 0.283 e. The molecule has 160 valence electrons. The van der Waals surface area contributed by atoms with E-state index < -0.39 is 0 Å². The van der Waals surface area contributed by atoms with E-state index in [1.54, 1.807) is 15.7 Å². The van der Waals surface area contributed by atoms with Gasteiger partial charge in [-0.3, -0.25) is 9.59 Å². The molecule has 0 bridgehead atoms. The van der Waals surface area contributed by atoms with Gasteiger partial charge in [0.05, 0.1) is 12.2 Å². The number of amides is 2. The van der Waals surface area contributed by atoms with Gasteiger partial charge in [-0.2, -0.15) is 5.10 Å². The molecule has 5 heterocycles. The number of rotatable bonds is 3. The highest BCUT2D eigenvalue weighted by Crippen LogP contribution is 2.39. The molecule has 1 saturated heterocycles. The molecule has 31 heavy (non-hydrogen) atoms. The Bertz CT molecular complexity index is 1350. The van der Waals surface area contributed by atoms with Gasteiger partial charge in [0.25, 0.3) is 5.91 Å². The van der Waals surface area contributed by atoms with Crippen LogP contribution in [0, 0.1) is 13.8 Å². The van der Waals surface area contributed by atoms with Crippen LogP contribution in [0.1, 0.15) is 46.3 Å². The molecule has 4 aromatic heterocycles. The van der Waals surface area contributed by atoms with Crippen molar-refractivity contribution in [1.82, 2.24) is 34.8 Å². The number of aryl methyl sites for hydroxylation is 1. The van der Waals surface area contributed by atoms with Crippen LogP contribution in [-0.4, -0.2) is 60.9 Å². The topological polar surface area (TPSA) is 108 Å². The molecule has 5 rings (SSSR count). The molecule has 1 aliphatic heterocycles. The van der Waals surface area contributed by atoms with Crippen molar-refractivity contribution in [2.24, 2.45) is 0 Å². The molecule has 0 atom stereocenters. The number of pyridine rings is 1. The largest absolute Gasteiger partial charge is 0.353 e. The number of nitrogens with zero attached hydrogens (tertiary/aromatic N) is 5. The number of fused-ring (bicyclic) bond motifs is 2. The quantitative estimate of drug-likeness (QED) is 0.512. The second-order valence-electron chi connectivity index (χ2n) is 8.16. The van der Waals surface area contributed by atoms with E-state index in [1.807, 2.05) is 13.1 Å². The molecule has 0 aliphatic carbocycles. The number of aromatic nitrogens is 5. The molecule has 2 N–H and O–H groups in total. The Balaban J connectivity index is 1.62. The maximum Gasteiger partial charge on any atom is 0.283 e. The van der Waals surface area contributed by atoms with Gasteiger partial charge in [0.15, 0.2) is 10.7 Å². The average molecular weight is 438 g/mol. The number of aromatic amines is 1. The van der Waals surface area contributed by atoms with Crippen LogP contribution in [0.15, 0.2) is 12.5 Å². The highest BCUT2D eigenvalue weighted by molar-refractivity contribution is 7.20. The summed E-state index contributed by atoms with van der Waals surface area (Å²) in [6.07, 6.45) is 3.55. The Kier molecular flexibility index (Phi) is 4.54. The first kappa shape index (κ1) is 19.7. The molecule has 1 aliphatic rings. The van der Waals surface area contributed by atoms with Crippen LogP contribution in [0.5, 0.6) is 0 Å². The minimum absolute atomic E-state index is 0.0744. The molecule has 10 heteroatoms. The Morgan fingerprint density at radius 2 is 2.06 bits per heavy atom. The van der Waals surface area contributed by atoms with Crippen LogP contribution in [0.25, 0.3) is 27.3 Å². The fourth-order valence-corrected chi connectivity index (χ4v) is 5.11. The fraction of sp³-hybridized carbons (Fsp3) is 0.381. The summed E-state index contributed by atoms with van der Waals surface area (Å²) in [5, 5.41) is 7.46. The third-order valence-corrected chi connectivity index (χ3v) is 6.83. The lowest BCUT2D eigenvalue weighted by Crippen LogP contribution is -2.49. The minimum Gasteiger partial charge on any atom is -0.353 e. The molecular formula is C21H23N7O2S. The lowest BCUT2D eigenvalue weighted by atomic mass is 9.96. The number of nitrogens with one attached hydrogen (secondary N) is 2. The van der Waals surface area contributed by atoms with Crippen molar-refractivity contribution in [1.29, 1.82) is 0 Å². The highest BCUT2D eigenvalue weighted by atomic mass is 32.1. The minimum atomic E-state index is -0.197. The number of H-pyrrole nitrogens is 1. The summed E-state index contributed by atoms with van der Waals surface area (Å²) in [5.41, 5.74) is 6.99. The molecule has 0 saturated carbocycles. The van der Waals surface area contributed by atoms with Gasteiger partial charge >= 0.3 is 0 Å². The van der Waals surface area contributed by atoms with Gasteiger partial charge in [-0.05, 0) is 30.9 Å². The van der Waals surface area contributed by atoms with Crippen LogP contribution >= 0.6 is 11.3 Å². The van der Waals surface area contributed by atoms with Crippen LogP contribution in [0.3, 0.4) is 0 Å². The van der Waals surface area contributed by atoms with Gasteiger partial charge in [-0.15, -0.1) is 0 Å². The maximum atomic E-state index is 12.9. The van der Waals surface area contributed by atoms with Crippen LogP contribution in [0.2, 0.25) is 0 Å². The van der Waals surface area contributed by atoms with Crippen molar-refractivity contribution in [3.8, 4) is 11.3 Å². The predicted octanol–water partition coefficient (Wildman–Crippen LogP) is 2.65. The molecule has 9 nitrogen and oxygen atoms in total. The number of thiazole rings is 1. The van der Waals surface area contributed by atoms with E-state index in [2.05, 4.69) is 41.2 Å². The zero-order valence-electron chi connectivity index (χ0n) is 17.8. The lowest BCUT2D eigenvalue weighted by molar-refractivity contribution is -0.123. The van der Waals surface area contributed by atoms with Crippen molar-refractivity contribution in [2.45, 2.75) is 33.6 Å². The van der Waals surface area contributed by atoms with E-state index >= 15 is 0 Å². The zero-order chi connectivity index (χ0) is 21.9. The predicted molar refractivity (Wildman–Crippen MR) is 118 cm³/mol. The molecule has 1 fully saturated rings. The van der Waals surface area contributed by atoms with E-state index in [1.165, 1.54) is 11.3 Å². The first-order valence-corrected chi connectivity index (χ1v) is 11.0. The average Bonchev–Trinajstić information content (AvgIpc) is 3.43. The molecule has 4 aromatic rings. The van der Waals surface area contributed by atoms with E-state index in [9.17, 15) is 9.59 Å². The van der Waals surface area contributed by atoms with Gasteiger partial charge in [0.1, 0.15) is 16.7 Å². The van der Waals surface area contributed by atoms with E-state index in [4.69, 9.17) is 4.98 Å². The summed E-state index contributed by atoms with van der Waals surface area (Å²) in [6.45, 7) is 9.42. The van der Waals surface area contributed by atoms with E-state index in [0.717, 1.165) is 43.9 Å². The highest BCUT2D eigenvalue weighted by Gasteiger charge is 2.28. The van der Waals surface area contributed by atoms with Gasteiger partial charge in [-0.25, -0.2) is 14.5 Å². The van der Waals surface area contributed by atoms with Crippen molar-refractivity contribution in [3.63, 3.8) is 0 Å². The zero-order valence-corrected chi connectivity index (χ0v) is 18.6. The number of hydrogen-bond donors (Lipinski definition) is 2. The monoisotopic (exact) mass is 437 g/mol. The number of hydrogen-bond acceptors (Lipinski definition) is 6. The molecule has 2 amide bonds. The summed E-state index contributed by atoms with van der Waals surface area (Å²) >= 11 is 1.34. The van der Waals surface area contributed by atoms with Crippen LogP contribution < -0.4 is 5.32 Å². The summed E-state index contributed by atoms with van der Waals surface area (Å²) in [7, 11) is 0. The third kappa shape index (κ3) is 3.09. The second-order valence-corrected chi connectivity index (χ2v) is 9.16. The molecular weight excluding hydrogens is 414 g/mol. The summed E-state index contributed by atoms with van der Waals surface area (Å²) in [4.78, 5) is 39.6. The first-order valence-electron chi connectivity index (χ1n) is 10.2. The number of piperazine rings is 1. The van der Waals surface area contributed by atoms with E-state index in [0.29, 0.717) is 18.1 Å². The van der Waals surface area contributed by atoms with Crippen molar-refractivity contribution in [3.05, 3.63) is 34.2 Å². The Labute approximate surface area is 182 Å². The second kappa shape index (κ2) is 7.16. The van der Waals surface area contributed by atoms with Gasteiger partial charge < -0.3 is 15.2 Å². The van der Waals surface area contributed by atoms with E-state index in [-0.39, 0.29) is 24.3 Å². The molecule has 0 unspecified atom stereocenters. The van der Waals surface area contributed by atoms with Crippen LogP contribution in [-0.2, 0) is 4.79 Å². The van der Waals surface area contributed by atoms with Gasteiger partial charge in [0, 0.05) is 30.4 Å². The summed E-state index contributed by atoms with van der Waals surface area (Å²) < 4.78 is 1.79. The maximum absolute atomic E-state index is 12.9. The van der Waals surface area contributed by atoms with Crippen molar-refractivity contribution >= 4 is 39.1 Å². The third-order valence-electron chi connectivity index (χ3n) is 5.87. The Morgan fingerprint density at radius 1 is 1.26 bits per heavy atom. The molecule has 0 aromatic carbocycles. The number of carbonyl (C=O) groups excluding carboxylic acids is 2. The van der Waals surface area contributed by atoms with Gasteiger partial charge in [-0.1, -0.05) is 25.2 Å². The standard InChI is InChI=1S/C21H23N7O2S/c1-10(2)15-16(13-7-28-18(23-9-24-28)12(4)11(13)3)25-19-17(15)26-20(31-19)21(30)27-6-5-22-14(29)8-27/h7,9-10,25H,5-6,8H2,1-4H3,(H,22,29). The molecule has 0 spiro atoms. The van der Waals surface area contributed by atoms with Crippen molar-refractivity contribution in [2.75, 3.05) is 19.6 Å². The normalized spacial score (nSPS) is 14.7. The number of carbonyl (C=O) groups is 2. The first-order chi connectivity index (χ1) is 14.8. The Morgan fingerprint density at radius 3 is 2.81 bits per heavy atom. The SMILES string of the molecule is Cc1c(-c2[nH]c3sc(C(=O)N4CCNC(=O)C4)nc3c2C(C)C)cn2ncnc2c1C. The summed E-state index contributed by atoms with van der Waals surface area (Å²) in [5.74, 6) is -0.140. The fourth-order valence-electron chi connectivity index (χ4n) is 4.15. The Hall–Kier alpha value is -3.27. The van der Waals surface area contributed by atoms with Crippen molar-refractivity contribution < 1.29 is 9.59 Å². The van der Waals surface area contributed by atoms with Crippen LogP contribution in [0.4, 0.5) is 0 Å². The molecule has 0 radical (unpaired) electrons. The summed E-state index contributed by atoms with van der Waals surface area (Å²) in [6, 6.07) is 0. The lowest BCUT2D eigenvalue weighted by Gasteiger charge is -2.25.